The summed E-state index contributed by atoms with van der Waals surface area (Å²) in [6, 6.07) is -0.599. The van der Waals surface area contributed by atoms with Crippen LogP contribution in [-0.4, -0.2) is 21.7 Å². The molecule has 3 N–H and O–H groups in total. The standard InChI is InChI=1S/C12H18F2N4O/c13-12(14)18-7-9(6-16-18)17-11(19)10(15)5-8-3-1-2-4-8/h6-8,10,12H,1-5,15H2,(H,17,19)/t10-/m0/s1. The minimum Gasteiger partial charge on any atom is -0.322 e. The van der Waals surface area contributed by atoms with Crippen molar-refractivity contribution in [3.05, 3.63) is 12.4 Å². The van der Waals surface area contributed by atoms with Gasteiger partial charge < -0.3 is 11.1 Å². The maximum absolute atomic E-state index is 12.3. The third-order valence-corrected chi connectivity index (χ3v) is 3.47. The smallest absolute Gasteiger partial charge is 0.322 e. The Morgan fingerprint density at radius 1 is 1.53 bits per heavy atom. The predicted molar refractivity (Wildman–Crippen MR) is 66.7 cm³/mol. The average molecular weight is 272 g/mol. The fourth-order valence-electron chi connectivity index (χ4n) is 2.46. The van der Waals surface area contributed by atoms with Gasteiger partial charge in [-0.25, -0.2) is 4.68 Å². The molecular weight excluding hydrogens is 254 g/mol. The quantitative estimate of drug-likeness (QED) is 0.862. The van der Waals surface area contributed by atoms with E-state index in [4.69, 9.17) is 5.73 Å². The second-order valence-electron chi connectivity index (χ2n) is 4.97. The van der Waals surface area contributed by atoms with Crippen molar-refractivity contribution in [3.63, 3.8) is 0 Å². The third kappa shape index (κ3) is 3.73. The van der Waals surface area contributed by atoms with Gasteiger partial charge in [-0.2, -0.15) is 13.9 Å². The van der Waals surface area contributed by atoms with Gasteiger partial charge in [0.1, 0.15) is 0 Å². The fraction of sp³-hybridized carbons (Fsp3) is 0.667. The van der Waals surface area contributed by atoms with E-state index in [2.05, 4.69) is 10.4 Å². The Bertz CT molecular complexity index is 429. The van der Waals surface area contributed by atoms with Crippen molar-refractivity contribution in [2.45, 2.75) is 44.7 Å². The van der Waals surface area contributed by atoms with Gasteiger partial charge in [-0.05, 0) is 12.3 Å². The van der Waals surface area contributed by atoms with Crippen molar-refractivity contribution in [2.75, 3.05) is 5.32 Å². The molecule has 1 aromatic heterocycles. The lowest BCUT2D eigenvalue weighted by molar-refractivity contribution is -0.117. The number of carbonyl (C=O) groups is 1. The second kappa shape index (κ2) is 6.10. The van der Waals surface area contributed by atoms with E-state index in [1.165, 1.54) is 19.0 Å². The monoisotopic (exact) mass is 272 g/mol. The van der Waals surface area contributed by atoms with Crippen LogP contribution in [0.5, 0.6) is 0 Å². The van der Waals surface area contributed by atoms with Crippen molar-refractivity contribution in [1.82, 2.24) is 9.78 Å². The molecule has 1 aromatic rings. The number of alkyl halides is 2. The molecule has 0 aromatic carbocycles. The Labute approximate surface area is 110 Å². The molecule has 106 valence electrons. The molecule has 0 radical (unpaired) electrons. The number of anilines is 1. The molecule has 1 saturated carbocycles. The van der Waals surface area contributed by atoms with Gasteiger partial charge in [-0.3, -0.25) is 4.79 Å². The molecule has 7 heteroatoms. The molecule has 5 nitrogen and oxygen atoms in total. The van der Waals surface area contributed by atoms with E-state index in [1.807, 2.05) is 0 Å². The molecule has 0 spiro atoms. The van der Waals surface area contributed by atoms with E-state index in [1.54, 1.807) is 0 Å². The number of aromatic nitrogens is 2. The Morgan fingerprint density at radius 3 is 2.79 bits per heavy atom. The molecule has 0 unspecified atom stereocenters. The highest BCUT2D eigenvalue weighted by molar-refractivity contribution is 5.94. The Morgan fingerprint density at radius 2 is 2.21 bits per heavy atom. The highest BCUT2D eigenvalue weighted by atomic mass is 19.3. The molecule has 19 heavy (non-hydrogen) atoms. The number of carbonyl (C=O) groups excluding carboxylic acids is 1. The van der Waals surface area contributed by atoms with E-state index in [9.17, 15) is 13.6 Å². The van der Waals surface area contributed by atoms with Crippen LogP contribution in [-0.2, 0) is 4.79 Å². The molecule has 1 aliphatic carbocycles. The van der Waals surface area contributed by atoms with Crippen LogP contribution >= 0.6 is 0 Å². The zero-order chi connectivity index (χ0) is 13.8. The minimum atomic E-state index is -2.71. The summed E-state index contributed by atoms with van der Waals surface area (Å²) in [5.41, 5.74) is 6.07. The van der Waals surface area contributed by atoms with Crippen molar-refractivity contribution in [3.8, 4) is 0 Å². The van der Waals surface area contributed by atoms with Crippen LogP contribution in [0.4, 0.5) is 14.5 Å². The largest absolute Gasteiger partial charge is 0.333 e. The van der Waals surface area contributed by atoms with Gasteiger partial charge in [0.25, 0.3) is 0 Å². The molecular formula is C12H18F2N4O. The lowest BCUT2D eigenvalue weighted by Gasteiger charge is -2.15. The molecule has 2 rings (SSSR count). The lowest BCUT2D eigenvalue weighted by atomic mass is 9.98. The molecule has 1 heterocycles. The number of nitrogens with two attached hydrogens (primary N) is 1. The van der Waals surface area contributed by atoms with Gasteiger partial charge in [0, 0.05) is 0 Å². The summed E-state index contributed by atoms with van der Waals surface area (Å²) >= 11 is 0. The summed E-state index contributed by atoms with van der Waals surface area (Å²) in [5, 5.41) is 5.95. The van der Waals surface area contributed by atoms with E-state index in [0.717, 1.165) is 19.0 Å². The maximum Gasteiger partial charge on any atom is 0.333 e. The summed E-state index contributed by atoms with van der Waals surface area (Å²) < 4.78 is 25.1. The van der Waals surface area contributed by atoms with Crippen LogP contribution in [0, 0.1) is 5.92 Å². The van der Waals surface area contributed by atoms with Gasteiger partial charge in [0.05, 0.1) is 24.1 Å². The Hall–Kier alpha value is -1.50. The molecule has 1 aliphatic rings. The van der Waals surface area contributed by atoms with E-state index in [-0.39, 0.29) is 11.6 Å². The first-order valence-corrected chi connectivity index (χ1v) is 6.45. The van der Waals surface area contributed by atoms with Crippen molar-refractivity contribution in [2.24, 2.45) is 11.7 Å². The minimum absolute atomic E-state index is 0.243. The Kier molecular flexibility index (Phi) is 4.47. The van der Waals surface area contributed by atoms with Crippen LogP contribution in [0.3, 0.4) is 0 Å². The van der Waals surface area contributed by atoms with Crippen LogP contribution in [0.15, 0.2) is 12.4 Å². The number of amides is 1. The first-order valence-electron chi connectivity index (χ1n) is 6.45. The summed E-state index contributed by atoms with van der Waals surface area (Å²) in [5.74, 6) is 0.158. The zero-order valence-electron chi connectivity index (χ0n) is 10.6. The maximum atomic E-state index is 12.3. The van der Waals surface area contributed by atoms with Crippen molar-refractivity contribution < 1.29 is 13.6 Å². The number of rotatable bonds is 5. The fourth-order valence-corrected chi connectivity index (χ4v) is 2.46. The molecule has 0 saturated heterocycles. The van der Waals surface area contributed by atoms with Gasteiger partial charge >= 0.3 is 6.55 Å². The molecule has 1 fully saturated rings. The Balaban J connectivity index is 1.84. The van der Waals surface area contributed by atoms with Crippen LogP contribution in [0.1, 0.15) is 38.7 Å². The zero-order valence-corrected chi connectivity index (χ0v) is 10.6. The molecule has 0 aliphatic heterocycles. The van der Waals surface area contributed by atoms with Crippen LogP contribution in [0.2, 0.25) is 0 Å². The number of halogens is 2. The van der Waals surface area contributed by atoms with E-state index < -0.39 is 12.6 Å². The van der Waals surface area contributed by atoms with Crippen LogP contribution < -0.4 is 11.1 Å². The first kappa shape index (κ1) is 13.9. The van der Waals surface area contributed by atoms with Gasteiger partial charge in [-0.15, -0.1) is 0 Å². The predicted octanol–water partition coefficient (Wildman–Crippen LogP) is 2.12. The van der Waals surface area contributed by atoms with E-state index in [0.29, 0.717) is 17.0 Å². The SMILES string of the molecule is N[C@@H](CC1CCCC1)C(=O)Nc1cnn(C(F)F)c1. The highest BCUT2D eigenvalue weighted by Gasteiger charge is 2.22. The normalized spacial score (nSPS) is 17.9. The molecule has 1 atom stereocenters. The highest BCUT2D eigenvalue weighted by Crippen LogP contribution is 2.28. The summed E-state index contributed by atoms with van der Waals surface area (Å²) in [6.45, 7) is -2.71. The van der Waals surface area contributed by atoms with Crippen molar-refractivity contribution in [1.29, 1.82) is 0 Å². The van der Waals surface area contributed by atoms with Gasteiger partial charge in [0.2, 0.25) is 5.91 Å². The summed E-state index contributed by atoms with van der Waals surface area (Å²) in [4.78, 5) is 11.8. The van der Waals surface area contributed by atoms with Gasteiger partial charge in [-0.1, -0.05) is 25.7 Å². The number of nitrogens with one attached hydrogen (secondary N) is 1. The first-order chi connectivity index (χ1) is 9.06. The number of hydrogen-bond acceptors (Lipinski definition) is 3. The van der Waals surface area contributed by atoms with Crippen LogP contribution in [0.25, 0.3) is 0 Å². The summed E-state index contributed by atoms with van der Waals surface area (Å²) in [6.07, 6.45) is 7.54. The lowest BCUT2D eigenvalue weighted by Crippen LogP contribution is -2.36. The topological polar surface area (TPSA) is 72.9 Å². The third-order valence-electron chi connectivity index (χ3n) is 3.47. The molecule has 0 bridgehead atoms. The van der Waals surface area contributed by atoms with Gasteiger partial charge in [0.15, 0.2) is 0 Å². The number of hydrogen-bond donors (Lipinski definition) is 2. The number of nitrogens with zero attached hydrogens (tertiary/aromatic N) is 2. The van der Waals surface area contributed by atoms with E-state index >= 15 is 0 Å². The average Bonchev–Trinajstić information content (AvgIpc) is 2.99. The van der Waals surface area contributed by atoms with Crippen molar-refractivity contribution >= 4 is 11.6 Å². The summed E-state index contributed by atoms with van der Waals surface area (Å²) in [7, 11) is 0. The molecule has 1 amide bonds. The second-order valence-corrected chi connectivity index (χ2v) is 4.97.